The van der Waals surface area contributed by atoms with Gasteiger partial charge in [-0.05, 0) is 24.6 Å². The van der Waals surface area contributed by atoms with Crippen molar-refractivity contribution in [2.24, 2.45) is 12.8 Å². The summed E-state index contributed by atoms with van der Waals surface area (Å²) in [5.41, 5.74) is 5.66. The van der Waals surface area contributed by atoms with Crippen LogP contribution in [0.15, 0.2) is 35.5 Å². The average Bonchev–Trinajstić information content (AvgIpc) is 2.98. The maximum Gasteiger partial charge on any atom is 0.307 e. The van der Waals surface area contributed by atoms with Crippen molar-refractivity contribution in [3.63, 3.8) is 0 Å². The highest BCUT2D eigenvalue weighted by atomic mass is 32.2. The lowest BCUT2D eigenvalue weighted by Gasteiger charge is -2.08. The number of nitrogens with zero attached hydrogens (tertiary/aromatic N) is 2. The number of imidazole rings is 1. The van der Waals surface area contributed by atoms with E-state index in [1.807, 2.05) is 0 Å². The number of rotatable bonds is 10. The monoisotopic (exact) mass is 410 g/mol. The first kappa shape index (κ1) is 21.4. The lowest BCUT2D eigenvalue weighted by molar-refractivity contribution is -0.144. The Morgan fingerprint density at radius 1 is 1.32 bits per heavy atom. The van der Waals surface area contributed by atoms with Crippen LogP contribution < -0.4 is 15.2 Å². The number of hydrogen-bond acceptors (Lipinski definition) is 7. The second-order valence-electron chi connectivity index (χ2n) is 5.95. The van der Waals surface area contributed by atoms with Crippen LogP contribution in [0.3, 0.4) is 0 Å². The maximum atomic E-state index is 12.1. The number of hydrogen-bond donors (Lipinski definition) is 2. The first-order valence-electron chi connectivity index (χ1n) is 8.32. The number of aryl methyl sites for hydroxylation is 2. The molecular weight excluding hydrogens is 388 g/mol. The number of esters is 1. The van der Waals surface area contributed by atoms with E-state index in [1.54, 1.807) is 42.8 Å². The smallest absolute Gasteiger partial charge is 0.307 e. The van der Waals surface area contributed by atoms with Crippen LogP contribution in [-0.2, 0) is 38.0 Å². The quantitative estimate of drug-likeness (QED) is 0.525. The third-order valence-electron chi connectivity index (χ3n) is 3.66. The predicted molar refractivity (Wildman–Crippen MR) is 98.7 cm³/mol. The van der Waals surface area contributed by atoms with Crippen LogP contribution in [0.25, 0.3) is 0 Å². The number of carbonyl (C=O) groups is 2. The Hall–Kier alpha value is -2.92. The molecule has 0 bridgehead atoms. The number of ether oxygens (including phenoxy) is 2. The summed E-state index contributed by atoms with van der Waals surface area (Å²) in [6.07, 6.45) is 1.26. The summed E-state index contributed by atoms with van der Waals surface area (Å²) in [5, 5.41) is -0.103. The minimum atomic E-state index is -3.79. The Bertz CT molecular complexity index is 935. The van der Waals surface area contributed by atoms with Gasteiger partial charge >= 0.3 is 5.97 Å². The van der Waals surface area contributed by atoms with Gasteiger partial charge in [0, 0.05) is 19.8 Å². The Kier molecular flexibility index (Phi) is 7.12. The molecule has 1 amide bonds. The molecule has 0 unspecified atom stereocenters. The molecule has 1 heterocycles. The highest BCUT2D eigenvalue weighted by Crippen LogP contribution is 2.14. The number of nitrogens with one attached hydrogen (secondary N) is 1. The second kappa shape index (κ2) is 9.33. The van der Waals surface area contributed by atoms with Crippen molar-refractivity contribution in [3.8, 4) is 5.75 Å². The fraction of sp³-hybridized carbons (Fsp3) is 0.353. The summed E-state index contributed by atoms with van der Waals surface area (Å²) in [5.74, 6) is -0.184. The van der Waals surface area contributed by atoms with Crippen molar-refractivity contribution >= 4 is 21.9 Å². The zero-order valence-electron chi connectivity index (χ0n) is 15.5. The molecule has 10 nitrogen and oxygen atoms in total. The number of amides is 1. The first-order chi connectivity index (χ1) is 13.2. The molecule has 0 aliphatic carbocycles. The van der Waals surface area contributed by atoms with E-state index in [9.17, 15) is 18.0 Å². The van der Waals surface area contributed by atoms with E-state index in [0.29, 0.717) is 17.1 Å². The summed E-state index contributed by atoms with van der Waals surface area (Å²) in [7, 11) is -2.10. The van der Waals surface area contributed by atoms with Crippen LogP contribution in [0.2, 0.25) is 0 Å². The van der Waals surface area contributed by atoms with E-state index in [1.165, 1.54) is 6.20 Å². The zero-order chi connectivity index (χ0) is 20.7. The van der Waals surface area contributed by atoms with Crippen LogP contribution in [0, 0.1) is 6.92 Å². The third-order valence-corrected chi connectivity index (χ3v) is 4.99. The molecule has 0 aliphatic rings. The number of sulfonamides is 1. The van der Waals surface area contributed by atoms with E-state index in [2.05, 4.69) is 9.71 Å². The fourth-order valence-electron chi connectivity index (χ4n) is 2.13. The Morgan fingerprint density at radius 2 is 2.07 bits per heavy atom. The molecule has 0 saturated heterocycles. The van der Waals surface area contributed by atoms with Crippen molar-refractivity contribution in [3.05, 3.63) is 41.9 Å². The summed E-state index contributed by atoms with van der Waals surface area (Å²) < 4.78 is 38.4. The molecule has 0 spiro atoms. The van der Waals surface area contributed by atoms with Gasteiger partial charge in [0.1, 0.15) is 18.2 Å². The van der Waals surface area contributed by atoms with Gasteiger partial charge in [-0.2, -0.15) is 0 Å². The molecule has 152 valence electrons. The van der Waals surface area contributed by atoms with Crippen molar-refractivity contribution < 1.29 is 27.5 Å². The highest BCUT2D eigenvalue weighted by Gasteiger charge is 2.18. The Balaban J connectivity index is 1.78. The molecule has 28 heavy (non-hydrogen) atoms. The number of nitrogens with two attached hydrogens (primary N) is 1. The van der Waals surface area contributed by atoms with Gasteiger partial charge in [0.25, 0.3) is 15.9 Å². The van der Waals surface area contributed by atoms with E-state index < -0.39 is 21.9 Å². The molecule has 0 radical (unpaired) electrons. The van der Waals surface area contributed by atoms with Crippen LogP contribution in [0.4, 0.5) is 0 Å². The predicted octanol–water partition coefficient (Wildman–Crippen LogP) is 0.00442. The Morgan fingerprint density at radius 3 is 2.71 bits per heavy atom. The van der Waals surface area contributed by atoms with E-state index in [0.717, 1.165) is 0 Å². The highest BCUT2D eigenvalue weighted by molar-refractivity contribution is 7.89. The normalized spacial score (nSPS) is 11.2. The van der Waals surface area contributed by atoms with Gasteiger partial charge in [0.2, 0.25) is 0 Å². The van der Waals surface area contributed by atoms with Crippen molar-refractivity contribution in [2.75, 3.05) is 13.2 Å². The molecule has 3 N–H and O–H groups in total. The van der Waals surface area contributed by atoms with E-state index in [4.69, 9.17) is 15.2 Å². The molecule has 11 heteroatoms. The second-order valence-corrected chi connectivity index (χ2v) is 7.66. The maximum absolute atomic E-state index is 12.1. The molecule has 1 aromatic heterocycles. The molecule has 2 rings (SSSR count). The molecule has 2 aromatic rings. The largest absolute Gasteiger partial charge is 0.484 e. The van der Waals surface area contributed by atoms with E-state index >= 15 is 0 Å². The third kappa shape index (κ3) is 6.35. The van der Waals surface area contributed by atoms with Gasteiger partial charge in [0.15, 0.2) is 11.6 Å². The van der Waals surface area contributed by atoms with Crippen molar-refractivity contribution in [1.82, 2.24) is 14.3 Å². The van der Waals surface area contributed by atoms with Crippen molar-refractivity contribution in [1.29, 1.82) is 0 Å². The minimum absolute atomic E-state index is 0.0151. The van der Waals surface area contributed by atoms with Gasteiger partial charge < -0.3 is 19.8 Å². The van der Waals surface area contributed by atoms with Crippen LogP contribution in [0.1, 0.15) is 17.8 Å². The summed E-state index contributed by atoms with van der Waals surface area (Å²) in [4.78, 5) is 26.5. The van der Waals surface area contributed by atoms with Gasteiger partial charge in [-0.15, -0.1) is 0 Å². The van der Waals surface area contributed by atoms with Crippen LogP contribution in [-0.4, -0.2) is 43.0 Å². The molecule has 0 saturated carbocycles. The fourth-order valence-corrected chi connectivity index (χ4v) is 3.20. The number of aromatic nitrogens is 2. The molecule has 1 aromatic carbocycles. The van der Waals surface area contributed by atoms with Gasteiger partial charge in [-0.25, -0.2) is 18.1 Å². The minimum Gasteiger partial charge on any atom is -0.484 e. The topological polar surface area (TPSA) is 143 Å². The standard InChI is InChI=1S/C17H22N4O6S/c1-12-20-16(9-21(12)2)28(24,25)19-7-6-17(23)27-10-13-4-3-5-14(8-13)26-11-15(18)22/h3-5,8-9,19H,6-7,10-11H2,1-2H3,(H2,18,22). The van der Waals surface area contributed by atoms with Gasteiger partial charge in [0.05, 0.1) is 6.42 Å². The van der Waals surface area contributed by atoms with Gasteiger partial charge in [-0.1, -0.05) is 12.1 Å². The summed E-state index contributed by atoms with van der Waals surface area (Å²) in [6.45, 7) is 1.31. The zero-order valence-corrected chi connectivity index (χ0v) is 16.4. The molecule has 0 aliphatic heterocycles. The lowest BCUT2D eigenvalue weighted by atomic mass is 10.2. The number of carbonyl (C=O) groups excluding carboxylic acids is 2. The molecule has 0 fully saturated rings. The SMILES string of the molecule is Cc1nc(S(=O)(=O)NCCC(=O)OCc2cccc(OCC(N)=O)c2)cn1C. The number of primary amides is 1. The van der Waals surface area contributed by atoms with Gasteiger partial charge in [-0.3, -0.25) is 9.59 Å². The van der Waals surface area contributed by atoms with E-state index in [-0.39, 0.29) is 31.2 Å². The molecule has 0 atom stereocenters. The molecular formula is C17H22N4O6S. The van der Waals surface area contributed by atoms with Crippen LogP contribution >= 0.6 is 0 Å². The first-order valence-corrected chi connectivity index (χ1v) is 9.81. The van der Waals surface area contributed by atoms with Crippen molar-refractivity contribution in [2.45, 2.75) is 25.0 Å². The number of benzene rings is 1. The Labute approximate surface area is 162 Å². The summed E-state index contributed by atoms with van der Waals surface area (Å²) >= 11 is 0. The average molecular weight is 410 g/mol. The van der Waals surface area contributed by atoms with Crippen LogP contribution in [0.5, 0.6) is 5.75 Å². The lowest BCUT2D eigenvalue weighted by Crippen LogP contribution is -2.27. The summed E-state index contributed by atoms with van der Waals surface area (Å²) in [6, 6.07) is 6.66.